The van der Waals surface area contributed by atoms with Gasteiger partial charge in [-0.15, -0.1) is 0 Å². The molecule has 0 amide bonds. The summed E-state index contributed by atoms with van der Waals surface area (Å²) < 4.78 is 0. The number of benzene rings is 1. The fraction of sp³-hybridized carbons (Fsp3) is 0.625. The molecule has 0 spiro atoms. The summed E-state index contributed by atoms with van der Waals surface area (Å²) in [7, 11) is 1.97. The fourth-order valence-electron chi connectivity index (χ4n) is 2.86. The molecule has 0 radical (unpaired) electrons. The van der Waals surface area contributed by atoms with Crippen LogP contribution < -0.4 is 10.2 Å². The van der Waals surface area contributed by atoms with E-state index in [-0.39, 0.29) is 0 Å². The van der Waals surface area contributed by atoms with Crippen LogP contribution in [0.1, 0.15) is 38.7 Å². The van der Waals surface area contributed by atoms with Crippen molar-refractivity contribution in [2.75, 3.05) is 25.0 Å². The van der Waals surface area contributed by atoms with Gasteiger partial charge < -0.3 is 10.2 Å². The van der Waals surface area contributed by atoms with Gasteiger partial charge in [0.05, 0.1) is 0 Å². The van der Waals surface area contributed by atoms with Crippen LogP contribution >= 0.6 is 11.6 Å². The molecule has 1 aromatic rings. The molecule has 19 heavy (non-hydrogen) atoms. The Labute approximate surface area is 122 Å². The van der Waals surface area contributed by atoms with Crippen molar-refractivity contribution in [3.8, 4) is 0 Å². The summed E-state index contributed by atoms with van der Waals surface area (Å²) >= 11 is 6.36. The number of nitrogens with one attached hydrogen (secondary N) is 1. The van der Waals surface area contributed by atoms with Gasteiger partial charge in [0.1, 0.15) is 0 Å². The molecule has 0 aliphatic carbocycles. The van der Waals surface area contributed by atoms with E-state index < -0.39 is 0 Å². The molecule has 0 unspecified atom stereocenters. The van der Waals surface area contributed by atoms with Gasteiger partial charge in [0.2, 0.25) is 0 Å². The molecule has 2 nitrogen and oxygen atoms in total. The minimum atomic E-state index is 0.469. The highest BCUT2D eigenvalue weighted by Crippen LogP contribution is 2.34. The maximum absolute atomic E-state index is 6.36. The minimum absolute atomic E-state index is 0.469. The predicted molar refractivity (Wildman–Crippen MR) is 84.1 cm³/mol. The summed E-state index contributed by atoms with van der Waals surface area (Å²) in [5, 5.41) is 4.10. The van der Waals surface area contributed by atoms with Crippen molar-refractivity contribution in [2.45, 2.75) is 39.7 Å². The van der Waals surface area contributed by atoms with E-state index in [2.05, 4.69) is 36.2 Å². The lowest BCUT2D eigenvalue weighted by Gasteiger charge is -2.27. The third kappa shape index (κ3) is 3.64. The zero-order valence-corrected chi connectivity index (χ0v) is 13.1. The highest BCUT2D eigenvalue weighted by molar-refractivity contribution is 6.31. The quantitative estimate of drug-likeness (QED) is 0.898. The van der Waals surface area contributed by atoms with Gasteiger partial charge in [-0.2, -0.15) is 0 Å². The first-order chi connectivity index (χ1) is 9.03. The van der Waals surface area contributed by atoms with Crippen LogP contribution in [0.2, 0.25) is 5.02 Å². The largest absolute Gasteiger partial charge is 0.371 e. The SMILES string of the molecule is CNCc1c(Cl)cccc1N1CCCC(C)(C)CC1. The number of nitrogens with zero attached hydrogens (tertiary/aromatic N) is 1. The lowest BCUT2D eigenvalue weighted by atomic mass is 9.85. The smallest absolute Gasteiger partial charge is 0.0471 e. The number of hydrogen-bond donors (Lipinski definition) is 1. The van der Waals surface area contributed by atoms with Gasteiger partial charge in [-0.3, -0.25) is 0 Å². The van der Waals surface area contributed by atoms with Crippen LogP contribution in [-0.2, 0) is 6.54 Å². The normalized spacial score (nSPS) is 19.3. The standard InChI is InChI=1S/C16H25ClN2/c1-16(2)8-5-10-19(11-9-16)15-7-4-6-14(17)13(15)12-18-3/h4,6-7,18H,5,8-12H2,1-3H3. The van der Waals surface area contributed by atoms with E-state index >= 15 is 0 Å². The molecule has 0 atom stereocenters. The third-order valence-corrected chi connectivity index (χ3v) is 4.48. The zero-order valence-electron chi connectivity index (χ0n) is 12.3. The van der Waals surface area contributed by atoms with E-state index in [4.69, 9.17) is 11.6 Å². The number of anilines is 1. The van der Waals surface area contributed by atoms with Gasteiger partial charge in [0.15, 0.2) is 0 Å². The van der Waals surface area contributed by atoms with Crippen molar-refractivity contribution in [2.24, 2.45) is 5.41 Å². The minimum Gasteiger partial charge on any atom is -0.371 e. The molecule has 1 aliphatic heterocycles. The van der Waals surface area contributed by atoms with Crippen LogP contribution in [0.3, 0.4) is 0 Å². The lowest BCUT2D eigenvalue weighted by Crippen LogP contribution is -2.27. The van der Waals surface area contributed by atoms with Gasteiger partial charge in [-0.25, -0.2) is 0 Å². The Bertz CT molecular complexity index is 429. The second-order valence-electron chi connectivity index (χ2n) is 6.27. The van der Waals surface area contributed by atoms with Gasteiger partial charge in [-0.1, -0.05) is 31.5 Å². The van der Waals surface area contributed by atoms with E-state index in [1.165, 1.54) is 30.5 Å². The molecular weight excluding hydrogens is 256 g/mol. The average Bonchev–Trinajstić information content (AvgIpc) is 2.53. The maximum atomic E-state index is 6.36. The summed E-state index contributed by atoms with van der Waals surface area (Å²) in [5.74, 6) is 0. The highest BCUT2D eigenvalue weighted by Gasteiger charge is 2.24. The van der Waals surface area contributed by atoms with E-state index in [1.54, 1.807) is 0 Å². The maximum Gasteiger partial charge on any atom is 0.0471 e. The summed E-state index contributed by atoms with van der Waals surface area (Å²) in [4.78, 5) is 2.51. The Morgan fingerprint density at radius 2 is 2.05 bits per heavy atom. The molecule has 1 heterocycles. The van der Waals surface area contributed by atoms with Crippen molar-refractivity contribution >= 4 is 17.3 Å². The van der Waals surface area contributed by atoms with Crippen LogP contribution in [0, 0.1) is 5.41 Å². The Morgan fingerprint density at radius 1 is 1.26 bits per heavy atom. The average molecular weight is 281 g/mol. The van der Waals surface area contributed by atoms with Crippen LogP contribution in [-0.4, -0.2) is 20.1 Å². The van der Waals surface area contributed by atoms with Gasteiger partial charge in [0, 0.05) is 35.9 Å². The summed E-state index contributed by atoms with van der Waals surface area (Å²) in [6, 6.07) is 6.25. The highest BCUT2D eigenvalue weighted by atomic mass is 35.5. The van der Waals surface area contributed by atoms with E-state index in [0.717, 1.165) is 24.7 Å². The lowest BCUT2D eigenvalue weighted by molar-refractivity contribution is 0.325. The first-order valence-corrected chi connectivity index (χ1v) is 7.58. The molecule has 106 valence electrons. The van der Waals surface area contributed by atoms with Gasteiger partial charge >= 0.3 is 0 Å². The van der Waals surface area contributed by atoms with E-state index in [0.29, 0.717) is 5.41 Å². The van der Waals surface area contributed by atoms with Gasteiger partial charge in [-0.05, 0) is 43.9 Å². The molecule has 0 aromatic heterocycles. The fourth-order valence-corrected chi connectivity index (χ4v) is 3.10. The zero-order chi connectivity index (χ0) is 13.9. The second-order valence-corrected chi connectivity index (χ2v) is 6.68. The Hall–Kier alpha value is -0.730. The summed E-state index contributed by atoms with van der Waals surface area (Å²) in [6.45, 7) is 7.85. The van der Waals surface area contributed by atoms with Crippen molar-refractivity contribution < 1.29 is 0 Å². The van der Waals surface area contributed by atoms with E-state index in [1.807, 2.05) is 13.1 Å². The molecule has 0 saturated carbocycles. The van der Waals surface area contributed by atoms with Crippen LogP contribution in [0.4, 0.5) is 5.69 Å². The van der Waals surface area contributed by atoms with Crippen LogP contribution in [0.5, 0.6) is 0 Å². The monoisotopic (exact) mass is 280 g/mol. The molecule has 3 heteroatoms. The molecule has 1 fully saturated rings. The number of hydrogen-bond acceptors (Lipinski definition) is 2. The molecular formula is C16H25ClN2. The van der Waals surface area contributed by atoms with Crippen molar-refractivity contribution in [1.82, 2.24) is 5.32 Å². The van der Waals surface area contributed by atoms with Crippen molar-refractivity contribution in [3.63, 3.8) is 0 Å². The summed E-state index contributed by atoms with van der Waals surface area (Å²) in [5.41, 5.74) is 3.00. The van der Waals surface area contributed by atoms with Crippen LogP contribution in [0.25, 0.3) is 0 Å². The van der Waals surface area contributed by atoms with Crippen LogP contribution in [0.15, 0.2) is 18.2 Å². The molecule has 1 aliphatic rings. The van der Waals surface area contributed by atoms with Gasteiger partial charge in [0.25, 0.3) is 0 Å². The van der Waals surface area contributed by atoms with Crippen molar-refractivity contribution in [1.29, 1.82) is 0 Å². The molecule has 2 rings (SSSR count). The number of halogens is 1. The first kappa shape index (κ1) is 14.7. The predicted octanol–water partition coefficient (Wildman–Crippen LogP) is 4.08. The molecule has 1 saturated heterocycles. The van der Waals surface area contributed by atoms with Crippen molar-refractivity contribution in [3.05, 3.63) is 28.8 Å². The number of rotatable bonds is 3. The summed E-state index contributed by atoms with van der Waals surface area (Å²) in [6.07, 6.45) is 3.82. The Morgan fingerprint density at radius 3 is 2.79 bits per heavy atom. The second kappa shape index (κ2) is 6.15. The molecule has 1 aromatic carbocycles. The van der Waals surface area contributed by atoms with E-state index in [9.17, 15) is 0 Å². The molecule has 0 bridgehead atoms. The third-order valence-electron chi connectivity index (χ3n) is 4.13. The Kier molecular flexibility index (Phi) is 4.75. The topological polar surface area (TPSA) is 15.3 Å². The Balaban J connectivity index is 2.23. The molecule has 1 N–H and O–H groups in total. The first-order valence-electron chi connectivity index (χ1n) is 7.20.